The number of carbonyl (C=O) groups is 1. The van der Waals surface area contributed by atoms with Crippen LogP contribution in [0.3, 0.4) is 0 Å². The third-order valence-corrected chi connectivity index (χ3v) is 6.22. The lowest BCUT2D eigenvalue weighted by Crippen LogP contribution is -2.30. The van der Waals surface area contributed by atoms with Gasteiger partial charge >= 0.3 is 0 Å². The zero-order valence-electron chi connectivity index (χ0n) is 19.1. The molecule has 0 radical (unpaired) electrons. The van der Waals surface area contributed by atoms with Crippen LogP contribution < -0.4 is 10.9 Å². The van der Waals surface area contributed by atoms with Crippen LogP contribution in [-0.2, 0) is 24.3 Å². The maximum atomic E-state index is 12.6. The number of hydrogen-bond acceptors (Lipinski definition) is 5. The minimum atomic E-state index is -0.200. The zero-order valence-corrected chi connectivity index (χ0v) is 19.1. The molecule has 7 heteroatoms. The molecular weight excluding hydrogens is 414 g/mol. The van der Waals surface area contributed by atoms with Gasteiger partial charge in [0.1, 0.15) is 5.82 Å². The fraction of sp³-hybridized carbons (Fsp3) is 0.385. The van der Waals surface area contributed by atoms with Gasteiger partial charge in [-0.2, -0.15) is 0 Å². The lowest BCUT2D eigenvalue weighted by Gasteiger charge is -2.27. The Hall–Kier alpha value is -3.32. The molecule has 0 spiro atoms. The molecule has 33 heavy (non-hydrogen) atoms. The zero-order chi connectivity index (χ0) is 23.0. The van der Waals surface area contributed by atoms with Crippen LogP contribution in [-0.4, -0.2) is 38.8 Å². The highest BCUT2D eigenvalue weighted by Gasteiger charge is 2.14. The minimum absolute atomic E-state index is 0.0696. The molecule has 0 atom stereocenters. The number of likely N-dealkylation sites (tertiary alicyclic amines) is 1. The van der Waals surface area contributed by atoms with Crippen molar-refractivity contribution in [3.63, 3.8) is 0 Å². The number of nitrogens with zero attached hydrogens (tertiary/aromatic N) is 3. The highest BCUT2D eigenvalue weighted by atomic mass is 16.1. The Balaban J connectivity index is 1.34. The van der Waals surface area contributed by atoms with E-state index in [0.29, 0.717) is 30.0 Å². The molecule has 4 rings (SSSR count). The number of aryl methyl sites for hydroxylation is 1. The van der Waals surface area contributed by atoms with Crippen molar-refractivity contribution in [1.82, 2.24) is 25.2 Å². The van der Waals surface area contributed by atoms with Crippen LogP contribution in [0.2, 0.25) is 0 Å². The van der Waals surface area contributed by atoms with Gasteiger partial charge < -0.3 is 10.3 Å². The number of aromatic nitrogens is 3. The van der Waals surface area contributed by atoms with Crippen molar-refractivity contribution < 1.29 is 4.79 Å². The highest BCUT2D eigenvalue weighted by Crippen LogP contribution is 2.17. The number of pyridine rings is 1. The van der Waals surface area contributed by atoms with Crippen LogP contribution in [0, 0.1) is 6.92 Å². The lowest BCUT2D eigenvalue weighted by molar-refractivity contribution is -0.121. The average molecular weight is 446 g/mol. The summed E-state index contributed by atoms with van der Waals surface area (Å²) in [6, 6.07) is 11.9. The summed E-state index contributed by atoms with van der Waals surface area (Å²) in [5.74, 6) is 0.443. The van der Waals surface area contributed by atoms with E-state index in [0.717, 1.165) is 30.8 Å². The predicted octanol–water partition coefficient (Wildman–Crippen LogP) is 3.38. The summed E-state index contributed by atoms with van der Waals surface area (Å²) >= 11 is 0. The molecule has 0 bridgehead atoms. The fourth-order valence-corrected chi connectivity index (χ4v) is 4.31. The van der Waals surface area contributed by atoms with E-state index < -0.39 is 0 Å². The number of carbonyl (C=O) groups excluding carboxylic acids is 1. The van der Waals surface area contributed by atoms with E-state index in [9.17, 15) is 9.59 Å². The van der Waals surface area contributed by atoms with Crippen molar-refractivity contribution in [3.8, 4) is 11.4 Å². The second-order valence-electron chi connectivity index (χ2n) is 8.60. The minimum Gasteiger partial charge on any atom is -0.352 e. The summed E-state index contributed by atoms with van der Waals surface area (Å²) in [5, 5.41) is 3.03. The number of H-pyrrole nitrogens is 1. The smallest absolute Gasteiger partial charge is 0.254 e. The average Bonchev–Trinajstić information content (AvgIpc) is 2.84. The van der Waals surface area contributed by atoms with E-state index in [1.165, 1.54) is 24.8 Å². The Morgan fingerprint density at radius 2 is 1.79 bits per heavy atom. The first-order valence-electron chi connectivity index (χ1n) is 11.7. The van der Waals surface area contributed by atoms with Gasteiger partial charge in [0, 0.05) is 48.7 Å². The summed E-state index contributed by atoms with van der Waals surface area (Å²) in [5.41, 5.74) is 4.21. The van der Waals surface area contributed by atoms with Crippen LogP contribution in [0.15, 0.2) is 53.6 Å². The third-order valence-electron chi connectivity index (χ3n) is 6.22. The monoisotopic (exact) mass is 445 g/mol. The maximum absolute atomic E-state index is 12.6. The number of rotatable bonds is 8. The van der Waals surface area contributed by atoms with E-state index >= 15 is 0 Å². The van der Waals surface area contributed by atoms with Crippen LogP contribution in [0.4, 0.5) is 0 Å². The van der Waals surface area contributed by atoms with Gasteiger partial charge in [0.05, 0.1) is 0 Å². The third kappa shape index (κ3) is 6.14. The fourth-order valence-electron chi connectivity index (χ4n) is 4.31. The van der Waals surface area contributed by atoms with E-state index in [2.05, 4.69) is 43.4 Å². The molecule has 1 aromatic carbocycles. The Labute approximate surface area is 194 Å². The molecule has 1 aliphatic heterocycles. The largest absolute Gasteiger partial charge is 0.352 e. The normalized spacial score (nSPS) is 14.2. The number of hydrogen-bond donors (Lipinski definition) is 2. The van der Waals surface area contributed by atoms with Crippen LogP contribution in [0.1, 0.15) is 48.1 Å². The number of nitrogens with one attached hydrogen (secondary N) is 2. The van der Waals surface area contributed by atoms with Gasteiger partial charge in [0.2, 0.25) is 5.91 Å². The van der Waals surface area contributed by atoms with Gasteiger partial charge in [0.15, 0.2) is 0 Å². The van der Waals surface area contributed by atoms with Gasteiger partial charge in [0.25, 0.3) is 5.56 Å². The molecule has 172 valence electrons. The standard InChI is InChI=1S/C26H31N5O2/c1-19-23(26(33)30-25(29-19)20-11-13-27-14-12-20)9-10-24(32)28-17-21-7-3-4-8-22(21)18-31-15-5-2-6-16-31/h3-4,7-8,11-14H,2,5-6,9-10,15-18H2,1H3,(H,28,32)(H,29,30,33). The number of benzene rings is 1. The molecule has 3 aromatic rings. The van der Waals surface area contributed by atoms with Crippen LogP contribution >= 0.6 is 0 Å². The lowest BCUT2D eigenvalue weighted by atomic mass is 10.0. The number of aromatic amines is 1. The number of piperidine rings is 1. The first-order valence-corrected chi connectivity index (χ1v) is 11.7. The summed E-state index contributed by atoms with van der Waals surface area (Å²) in [6.07, 6.45) is 7.76. The second-order valence-corrected chi connectivity index (χ2v) is 8.60. The SMILES string of the molecule is Cc1nc(-c2ccncc2)[nH]c(=O)c1CCC(=O)NCc1ccccc1CN1CCCCC1. The molecule has 2 aromatic heterocycles. The van der Waals surface area contributed by atoms with E-state index in [4.69, 9.17) is 0 Å². The van der Waals surface area contributed by atoms with Crippen molar-refractivity contribution in [2.45, 2.75) is 52.1 Å². The van der Waals surface area contributed by atoms with Gasteiger partial charge in [-0.3, -0.25) is 19.5 Å². The summed E-state index contributed by atoms with van der Waals surface area (Å²) < 4.78 is 0. The van der Waals surface area contributed by atoms with E-state index in [-0.39, 0.29) is 17.9 Å². The van der Waals surface area contributed by atoms with Crippen molar-refractivity contribution in [1.29, 1.82) is 0 Å². The molecule has 1 amide bonds. The first kappa shape index (κ1) is 22.9. The number of amides is 1. The van der Waals surface area contributed by atoms with Gasteiger partial charge in [-0.15, -0.1) is 0 Å². The van der Waals surface area contributed by atoms with E-state index in [1.54, 1.807) is 24.5 Å². The second kappa shape index (κ2) is 11.0. The molecule has 0 aliphatic carbocycles. The highest BCUT2D eigenvalue weighted by molar-refractivity contribution is 5.76. The van der Waals surface area contributed by atoms with Crippen molar-refractivity contribution in [2.24, 2.45) is 0 Å². The van der Waals surface area contributed by atoms with Crippen molar-refractivity contribution >= 4 is 5.91 Å². The van der Waals surface area contributed by atoms with Crippen LogP contribution in [0.5, 0.6) is 0 Å². The van der Waals surface area contributed by atoms with Crippen LogP contribution in [0.25, 0.3) is 11.4 Å². The molecule has 1 fully saturated rings. The first-order chi connectivity index (χ1) is 16.1. The van der Waals surface area contributed by atoms with Crippen molar-refractivity contribution in [2.75, 3.05) is 13.1 Å². The molecule has 0 saturated carbocycles. The topological polar surface area (TPSA) is 91.0 Å². The maximum Gasteiger partial charge on any atom is 0.254 e. The quantitative estimate of drug-likeness (QED) is 0.555. The molecule has 7 nitrogen and oxygen atoms in total. The van der Waals surface area contributed by atoms with Crippen molar-refractivity contribution in [3.05, 3.63) is 81.5 Å². The Morgan fingerprint density at radius 3 is 2.52 bits per heavy atom. The molecular formula is C26H31N5O2. The predicted molar refractivity (Wildman–Crippen MR) is 129 cm³/mol. The van der Waals surface area contributed by atoms with Gasteiger partial charge in [-0.05, 0) is 62.5 Å². The molecule has 1 aliphatic rings. The van der Waals surface area contributed by atoms with Gasteiger partial charge in [-0.25, -0.2) is 4.98 Å². The Bertz CT molecular complexity index is 1140. The molecule has 2 N–H and O–H groups in total. The van der Waals surface area contributed by atoms with E-state index in [1.807, 2.05) is 13.0 Å². The Kier molecular flexibility index (Phi) is 7.62. The summed E-state index contributed by atoms with van der Waals surface area (Å²) in [4.78, 5) is 39.0. The summed E-state index contributed by atoms with van der Waals surface area (Å²) in [7, 11) is 0. The Morgan fingerprint density at radius 1 is 1.06 bits per heavy atom. The molecule has 3 heterocycles. The summed E-state index contributed by atoms with van der Waals surface area (Å²) in [6.45, 7) is 5.52. The molecule has 0 unspecified atom stereocenters. The molecule has 1 saturated heterocycles. The van der Waals surface area contributed by atoms with Gasteiger partial charge in [-0.1, -0.05) is 30.7 Å².